The highest BCUT2D eigenvalue weighted by Crippen LogP contribution is 2.11. The molecule has 0 saturated heterocycles. The number of esters is 1. The third-order valence-electron chi connectivity index (χ3n) is 1.91. The van der Waals surface area contributed by atoms with Gasteiger partial charge in [-0.25, -0.2) is 15.5 Å². The van der Waals surface area contributed by atoms with E-state index in [0.717, 1.165) is 0 Å². The molecule has 0 aromatic rings. The summed E-state index contributed by atoms with van der Waals surface area (Å²) in [5.74, 6) is 4.39. The molecule has 0 spiro atoms. The molecule has 0 aliphatic rings. The maximum absolute atomic E-state index is 12.0. The summed E-state index contributed by atoms with van der Waals surface area (Å²) in [7, 11) is 0. The van der Waals surface area contributed by atoms with Crippen LogP contribution in [0.25, 0.3) is 0 Å². The lowest BCUT2D eigenvalue weighted by Crippen LogP contribution is -2.46. The van der Waals surface area contributed by atoms with Crippen LogP contribution >= 0.6 is 0 Å². The van der Waals surface area contributed by atoms with Gasteiger partial charge in [-0.05, 0) is 41.5 Å². The van der Waals surface area contributed by atoms with E-state index in [4.69, 9.17) is 15.4 Å². The van der Waals surface area contributed by atoms with E-state index in [1.165, 1.54) is 0 Å². The molecule has 0 radical (unpaired) electrons. The number of hydrogen-bond acceptors (Lipinski definition) is 6. The third-order valence-corrected chi connectivity index (χ3v) is 1.91. The molecule has 0 saturated carbocycles. The van der Waals surface area contributed by atoms with Crippen LogP contribution in [0, 0.1) is 0 Å². The Bertz CT molecular complexity index is 331. The second kappa shape index (κ2) is 7.44. The second-order valence-electron chi connectivity index (χ2n) is 6.39. The fourth-order valence-electron chi connectivity index (χ4n) is 1.26. The Morgan fingerprint density at radius 1 is 1.05 bits per heavy atom. The molecule has 0 aliphatic heterocycles. The highest BCUT2D eigenvalue weighted by Gasteiger charge is 2.28. The summed E-state index contributed by atoms with van der Waals surface area (Å²) in [6, 6.07) is -0.868. The minimum absolute atomic E-state index is 0.111. The fourth-order valence-corrected chi connectivity index (χ4v) is 1.26. The smallest absolute Gasteiger partial charge is 0.408 e. The Labute approximate surface area is 120 Å². The molecule has 0 aromatic carbocycles. The number of nitrogens with two attached hydrogens (primary N) is 1. The molecule has 20 heavy (non-hydrogen) atoms. The zero-order chi connectivity index (χ0) is 16.0. The summed E-state index contributed by atoms with van der Waals surface area (Å²) in [5, 5.41) is 2.46. The third kappa shape index (κ3) is 9.57. The average molecular weight is 290 g/mol. The predicted octanol–water partition coefficient (Wildman–Crippen LogP) is 1.50. The van der Waals surface area contributed by atoms with Crippen LogP contribution in [0.1, 0.15) is 48.0 Å². The molecule has 0 fully saturated rings. The average Bonchev–Trinajstić information content (AvgIpc) is 2.18. The highest BCUT2D eigenvalue weighted by atomic mass is 16.6. The first-order valence-electron chi connectivity index (χ1n) is 6.48. The van der Waals surface area contributed by atoms with Crippen LogP contribution in [-0.2, 0) is 19.1 Å². The van der Waals surface area contributed by atoms with Crippen molar-refractivity contribution in [2.24, 2.45) is 5.90 Å². The Balaban J connectivity index is 4.63. The number of carbonyl (C=O) groups is 2. The summed E-state index contributed by atoms with van der Waals surface area (Å²) >= 11 is 0. The van der Waals surface area contributed by atoms with Gasteiger partial charge in [-0.15, -0.1) is 0 Å². The molecule has 0 rings (SSSR count). The molecular formula is C13H26N2O5. The number of alkyl carbamates (subject to hydrolysis) is 1. The van der Waals surface area contributed by atoms with Crippen molar-refractivity contribution in [2.75, 3.05) is 6.61 Å². The number of carbonyl (C=O) groups excluding carboxylic acids is 2. The zero-order valence-corrected chi connectivity index (χ0v) is 13.1. The van der Waals surface area contributed by atoms with Gasteiger partial charge in [0.1, 0.15) is 17.2 Å². The van der Waals surface area contributed by atoms with Gasteiger partial charge in [0.25, 0.3) is 0 Å². The molecule has 0 aliphatic carbocycles. The minimum Gasteiger partial charge on any atom is -0.458 e. The molecular weight excluding hydrogens is 264 g/mol. The quantitative estimate of drug-likeness (QED) is 0.588. The topological polar surface area (TPSA) is 99.9 Å². The van der Waals surface area contributed by atoms with Gasteiger partial charge < -0.3 is 19.6 Å². The minimum atomic E-state index is -0.868. The lowest BCUT2D eigenvalue weighted by atomic mass is 10.1. The van der Waals surface area contributed by atoms with Crippen LogP contribution in [-0.4, -0.2) is 35.9 Å². The van der Waals surface area contributed by atoms with E-state index >= 15 is 0 Å². The molecule has 0 aromatic heterocycles. The van der Waals surface area contributed by atoms with Crippen molar-refractivity contribution in [1.82, 2.24) is 5.32 Å². The van der Waals surface area contributed by atoms with E-state index in [-0.39, 0.29) is 13.0 Å². The zero-order valence-electron chi connectivity index (χ0n) is 13.1. The SMILES string of the molecule is CC(C)(C)OC(=O)N[C@@H](CCON)C(=O)OC(C)(C)C. The largest absolute Gasteiger partial charge is 0.458 e. The van der Waals surface area contributed by atoms with Crippen molar-refractivity contribution in [1.29, 1.82) is 0 Å². The summed E-state index contributed by atoms with van der Waals surface area (Å²) in [6.45, 7) is 10.5. The Kier molecular flexibility index (Phi) is 6.95. The lowest BCUT2D eigenvalue weighted by molar-refractivity contribution is -0.158. The van der Waals surface area contributed by atoms with Crippen LogP contribution in [0.2, 0.25) is 0 Å². The van der Waals surface area contributed by atoms with E-state index in [9.17, 15) is 9.59 Å². The summed E-state index contributed by atoms with van der Waals surface area (Å²) in [4.78, 5) is 28.1. The van der Waals surface area contributed by atoms with Crippen LogP contribution in [0.3, 0.4) is 0 Å². The highest BCUT2D eigenvalue weighted by molar-refractivity contribution is 5.81. The van der Waals surface area contributed by atoms with E-state index in [1.807, 2.05) is 0 Å². The molecule has 1 amide bonds. The Hall–Kier alpha value is -1.34. The van der Waals surface area contributed by atoms with Crippen LogP contribution in [0.5, 0.6) is 0 Å². The molecule has 3 N–H and O–H groups in total. The van der Waals surface area contributed by atoms with E-state index in [1.54, 1.807) is 41.5 Å². The first kappa shape index (κ1) is 18.7. The van der Waals surface area contributed by atoms with Crippen molar-refractivity contribution >= 4 is 12.1 Å². The van der Waals surface area contributed by atoms with Gasteiger partial charge in [-0.2, -0.15) is 0 Å². The van der Waals surface area contributed by atoms with Gasteiger partial charge in [0.05, 0.1) is 6.61 Å². The van der Waals surface area contributed by atoms with Crippen LogP contribution < -0.4 is 11.2 Å². The number of hydrogen-bond donors (Lipinski definition) is 2. The first-order valence-corrected chi connectivity index (χ1v) is 6.48. The molecule has 0 unspecified atom stereocenters. The number of rotatable bonds is 5. The lowest BCUT2D eigenvalue weighted by Gasteiger charge is -2.26. The fraction of sp³-hybridized carbons (Fsp3) is 0.846. The first-order chi connectivity index (χ1) is 8.94. The number of nitrogens with one attached hydrogen (secondary N) is 1. The molecule has 0 bridgehead atoms. The summed E-state index contributed by atoms with van der Waals surface area (Å²) in [6.07, 6.45) is -0.490. The maximum atomic E-state index is 12.0. The Morgan fingerprint density at radius 3 is 1.95 bits per heavy atom. The van der Waals surface area contributed by atoms with E-state index in [0.29, 0.717) is 0 Å². The number of ether oxygens (including phenoxy) is 2. The van der Waals surface area contributed by atoms with Gasteiger partial charge in [0.15, 0.2) is 0 Å². The van der Waals surface area contributed by atoms with Crippen molar-refractivity contribution in [2.45, 2.75) is 65.2 Å². The van der Waals surface area contributed by atoms with Crippen LogP contribution in [0.15, 0.2) is 0 Å². The van der Waals surface area contributed by atoms with Gasteiger partial charge in [0, 0.05) is 6.42 Å². The second-order valence-corrected chi connectivity index (χ2v) is 6.39. The van der Waals surface area contributed by atoms with Crippen LogP contribution in [0.4, 0.5) is 4.79 Å². The van der Waals surface area contributed by atoms with Gasteiger partial charge >= 0.3 is 12.1 Å². The summed E-state index contributed by atoms with van der Waals surface area (Å²) < 4.78 is 10.3. The van der Waals surface area contributed by atoms with Gasteiger partial charge in [-0.3, -0.25) is 0 Å². The molecule has 0 heterocycles. The van der Waals surface area contributed by atoms with Crippen molar-refractivity contribution < 1.29 is 23.9 Å². The summed E-state index contributed by atoms with van der Waals surface area (Å²) in [5.41, 5.74) is -1.29. The van der Waals surface area contributed by atoms with Crippen molar-refractivity contribution in [3.05, 3.63) is 0 Å². The normalized spacial score (nSPS) is 13.6. The van der Waals surface area contributed by atoms with E-state index in [2.05, 4.69) is 10.2 Å². The maximum Gasteiger partial charge on any atom is 0.408 e. The Morgan fingerprint density at radius 2 is 1.55 bits per heavy atom. The number of amides is 1. The molecule has 7 nitrogen and oxygen atoms in total. The molecule has 7 heteroatoms. The predicted molar refractivity (Wildman–Crippen MR) is 73.8 cm³/mol. The van der Waals surface area contributed by atoms with Crippen molar-refractivity contribution in [3.8, 4) is 0 Å². The molecule has 1 atom stereocenters. The van der Waals surface area contributed by atoms with Crippen molar-refractivity contribution in [3.63, 3.8) is 0 Å². The monoisotopic (exact) mass is 290 g/mol. The van der Waals surface area contributed by atoms with Gasteiger partial charge in [0.2, 0.25) is 0 Å². The van der Waals surface area contributed by atoms with Gasteiger partial charge in [-0.1, -0.05) is 0 Å². The standard InChI is InChI=1S/C13H26N2O5/c1-12(2,3)19-10(16)9(7-8-18-14)15-11(17)20-13(4,5)6/h9H,7-8,14H2,1-6H3,(H,15,17)/t9-/m0/s1. The van der Waals surface area contributed by atoms with E-state index < -0.39 is 29.3 Å². The molecule has 118 valence electrons.